The Balaban J connectivity index is 2.39. The molecule has 3 nitrogen and oxygen atoms in total. The molecule has 0 aliphatic carbocycles. The Kier molecular flexibility index (Phi) is 2.03. The molecule has 1 aliphatic heterocycles. The molecule has 0 aromatic heterocycles. The van der Waals surface area contributed by atoms with Gasteiger partial charge >= 0.3 is 0 Å². The van der Waals surface area contributed by atoms with Crippen LogP contribution in [-0.2, 0) is 0 Å². The Labute approximate surface area is 93.5 Å². The Hall–Kier alpha value is -2.03. The molecule has 0 saturated heterocycles. The first-order valence-corrected chi connectivity index (χ1v) is 5.32. The van der Waals surface area contributed by atoms with Gasteiger partial charge in [-0.1, -0.05) is 30.3 Å². The Bertz CT molecular complexity index is 575. The Morgan fingerprint density at radius 2 is 2.00 bits per heavy atom. The topological polar surface area (TPSA) is 47.6 Å². The van der Waals surface area contributed by atoms with E-state index in [0.29, 0.717) is 6.61 Å². The van der Waals surface area contributed by atoms with Crippen molar-refractivity contribution in [2.24, 2.45) is 10.9 Å². The summed E-state index contributed by atoms with van der Waals surface area (Å²) >= 11 is 0. The number of hydrazone groups is 1. The van der Waals surface area contributed by atoms with Gasteiger partial charge in [-0.25, -0.2) is 0 Å². The van der Waals surface area contributed by atoms with Crippen LogP contribution in [0.25, 0.3) is 10.8 Å². The molecule has 0 atom stereocenters. The van der Waals surface area contributed by atoms with Crippen LogP contribution in [-0.4, -0.2) is 12.3 Å². The van der Waals surface area contributed by atoms with Gasteiger partial charge in [0.2, 0.25) is 0 Å². The second kappa shape index (κ2) is 3.52. The normalized spacial score (nSPS) is 17.1. The van der Waals surface area contributed by atoms with Gasteiger partial charge in [-0.05, 0) is 16.8 Å². The molecule has 1 heterocycles. The highest BCUT2D eigenvalue weighted by atomic mass is 16.5. The van der Waals surface area contributed by atoms with Crippen LogP contribution in [0.2, 0.25) is 0 Å². The van der Waals surface area contributed by atoms with Crippen molar-refractivity contribution in [1.82, 2.24) is 0 Å². The highest BCUT2D eigenvalue weighted by Crippen LogP contribution is 2.32. The molecule has 2 N–H and O–H groups in total. The van der Waals surface area contributed by atoms with E-state index >= 15 is 0 Å². The van der Waals surface area contributed by atoms with E-state index in [-0.39, 0.29) is 0 Å². The summed E-state index contributed by atoms with van der Waals surface area (Å²) in [4.78, 5) is 0. The number of ether oxygens (including phenoxy) is 1. The molecule has 0 amide bonds. The summed E-state index contributed by atoms with van der Waals surface area (Å²) in [5, 5.41) is 6.22. The van der Waals surface area contributed by atoms with Crippen molar-refractivity contribution in [3.8, 4) is 5.75 Å². The monoisotopic (exact) mass is 212 g/mol. The van der Waals surface area contributed by atoms with Gasteiger partial charge in [0.1, 0.15) is 5.75 Å². The number of fused-ring (bicyclic) bond motifs is 3. The van der Waals surface area contributed by atoms with Crippen molar-refractivity contribution in [3.05, 3.63) is 42.0 Å². The molecule has 0 radical (unpaired) electrons. The third-order valence-corrected chi connectivity index (χ3v) is 2.93. The maximum Gasteiger partial charge on any atom is 0.129 e. The quantitative estimate of drug-likeness (QED) is 0.538. The molecule has 2 aromatic rings. The summed E-state index contributed by atoms with van der Waals surface area (Å²) < 4.78 is 5.63. The third-order valence-electron chi connectivity index (χ3n) is 2.93. The van der Waals surface area contributed by atoms with Crippen molar-refractivity contribution in [2.75, 3.05) is 6.61 Å². The maximum atomic E-state index is 5.63. The Morgan fingerprint density at radius 1 is 1.12 bits per heavy atom. The second-order valence-corrected chi connectivity index (χ2v) is 3.83. The first-order valence-electron chi connectivity index (χ1n) is 5.32. The number of nitrogens with zero attached hydrogens (tertiary/aromatic N) is 1. The zero-order chi connectivity index (χ0) is 11.0. The molecule has 16 heavy (non-hydrogen) atoms. The van der Waals surface area contributed by atoms with Gasteiger partial charge in [0.25, 0.3) is 0 Å². The lowest BCUT2D eigenvalue weighted by atomic mass is 9.97. The molecule has 0 spiro atoms. The molecule has 0 saturated carbocycles. The van der Waals surface area contributed by atoms with Crippen LogP contribution < -0.4 is 10.6 Å². The van der Waals surface area contributed by atoms with E-state index in [9.17, 15) is 0 Å². The average Bonchev–Trinajstić information content (AvgIpc) is 2.37. The summed E-state index contributed by atoms with van der Waals surface area (Å²) in [7, 11) is 0. The number of rotatable bonds is 0. The molecule has 0 fully saturated rings. The number of benzene rings is 2. The first-order chi connectivity index (χ1) is 7.90. The Morgan fingerprint density at radius 3 is 2.88 bits per heavy atom. The average molecular weight is 212 g/mol. The molecule has 0 bridgehead atoms. The highest BCUT2D eigenvalue weighted by Gasteiger charge is 2.19. The molecular formula is C13H12N2O. The van der Waals surface area contributed by atoms with Crippen LogP contribution in [0.15, 0.2) is 41.5 Å². The number of hydrogen-bond donors (Lipinski definition) is 1. The van der Waals surface area contributed by atoms with Crippen LogP contribution in [0.4, 0.5) is 0 Å². The van der Waals surface area contributed by atoms with E-state index in [4.69, 9.17) is 10.6 Å². The lowest BCUT2D eigenvalue weighted by Gasteiger charge is -2.20. The summed E-state index contributed by atoms with van der Waals surface area (Å²) in [6.07, 6.45) is 0.775. The van der Waals surface area contributed by atoms with E-state index in [1.807, 2.05) is 18.2 Å². The van der Waals surface area contributed by atoms with Crippen molar-refractivity contribution in [1.29, 1.82) is 0 Å². The summed E-state index contributed by atoms with van der Waals surface area (Å²) in [5.41, 5.74) is 1.98. The molecule has 2 aromatic carbocycles. The van der Waals surface area contributed by atoms with E-state index in [1.165, 1.54) is 5.39 Å². The van der Waals surface area contributed by atoms with Crippen molar-refractivity contribution < 1.29 is 4.74 Å². The minimum absolute atomic E-state index is 0.654. The minimum atomic E-state index is 0.654. The summed E-state index contributed by atoms with van der Waals surface area (Å²) in [5.74, 6) is 6.32. The maximum absolute atomic E-state index is 5.63. The number of hydrogen-bond acceptors (Lipinski definition) is 3. The van der Waals surface area contributed by atoms with Gasteiger partial charge in [0.15, 0.2) is 0 Å². The molecule has 3 heteroatoms. The van der Waals surface area contributed by atoms with Gasteiger partial charge in [-0.3, -0.25) is 0 Å². The third kappa shape index (κ3) is 1.25. The largest absolute Gasteiger partial charge is 0.492 e. The second-order valence-electron chi connectivity index (χ2n) is 3.83. The van der Waals surface area contributed by atoms with Gasteiger partial charge < -0.3 is 10.6 Å². The summed E-state index contributed by atoms with van der Waals surface area (Å²) in [6.45, 7) is 0.654. The zero-order valence-electron chi connectivity index (χ0n) is 8.81. The molecule has 1 aliphatic rings. The minimum Gasteiger partial charge on any atom is -0.492 e. The van der Waals surface area contributed by atoms with Crippen LogP contribution in [0, 0.1) is 0 Å². The highest BCUT2D eigenvalue weighted by molar-refractivity contribution is 6.13. The fraction of sp³-hybridized carbons (Fsp3) is 0.154. The molecular weight excluding hydrogens is 200 g/mol. The SMILES string of the molecule is N/N=C1/CCOc2ccc3ccccc3c21. The van der Waals surface area contributed by atoms with E-state index in [0.717, 1.165) is 28.8 Å². The van der Waals surface area contributed by atoms with Gasteiger partial charge in [-0.15, -0.1) is 0 Å². The lowest BCUT2D eigenvalue weighted by Crippen LogP contribution is -2.17. The lowest BCUT2D eigenvalue weighted by molar-refractivity contribution is 0.321. The predicted molar refractivity (Wildman–Crippen MR) is 64.8 cm³/mol. The molecule has 80 valence electrons. The van der Waals surface area contributed by atoms with Gasteiger partial charge in [0.05, 0.1) is 12.3 Å². The van der Waals surface area contributed by atoms with Crippen LogP contribution >= 0.6 is 0 Å². The van der Waals surface area contributed by atoms with Crippen LogP contribution in [0.1, 0.15) is 12.0 Å². The molecule has 0 unspecified atom stereocenters. The fourth-order valence-electron chi connectivity index (χ4n) is 2.18. The fourth-order valence-corrected chi connectivity index (χ4v) is 2.18. The zero-order valence-corrected chi connectivity index (χ0v) is 8.81. The van der Waals surface area contributed by atoms with Gasteiger partial charge in [0, 0.05) is 12.0 Å². The smallest absolute Gasteiger partial charge is 0.129 e. The predicted octanol–water partition coefficient (Wildman–Crippen LogP) is 2.29. The van der Waals surface area contributed by atoms with E-state index in [2.05, 4.69) is 23.3 Å². The van der Waals surface area contributed by atoms with Crippen LogP contribution in [0.3, 0.4) is 0 Å². The van der Waals surface area contributed by atoms with Crippen LogP contribution in [0.5, 0.6) is 5.75 Å². The van der Waals surface area contributed by atoms with E-state index in [1.54, 1.807) is 0 Å². The van der Waals surface area contributed by atoms with Crippen molar-refractivity contribution >= 4 is 16.5 Å². The standard InChI is InChI=1S/C13H12N2O/c14-15-11-7-8-16-12-6-5-9-3-1-2-4-10(9)13(11)12/h1-6H,7-8,14H2/b15-11-. The van der Waals surface area contributed by atoms with E-state index < -0.39 is 0 Å². The first kappa shape index (κ1) is 9.21. The van der Waals surface area contributed by atoms with Crippen molar-refractivity contribution in [2.45, 2.75) is 6.42 Å². The van der Waals surface area contributed by atoms with Gasteiger partial charge in [-0.2, -0.15) is 5.10 Å². The number of nitrogens with two attached hydrogens (primary N) is 1. The molecule has 3 rings (SSSR count). The summed E-state index contributed by atoms with van der Waals surface area (Å²) in [6, 6.07) is 12.3. The van der Waals surface area contributed by atoms with Crippen molar-refractivity contribution in [3.63, 3.8) is 0 Å².